The first-order valence-corrected chi connectivity index (χ1v) is 7.52. The number of hydrogen-bond acceptors (Lipinski definition) is 3. The van der Waals surface area contributed by atoms with Crippen LogP contribution in [0.5, 0.6) is 0 Å². The van der Waals surface area contributed by atoms with E-state index >= 15 is 0 Å². The molecule has 0 aromatic heterocycles. The minimum absolute atomic E-state index is 0.163. The molecule has 0 saturated carbocycles. The quantitative estimate of drug-likeness (QED) is 0.792. The lowest BCUT2D eigenvalue weighted by molar-refractivity contribution is -0.143. The maximum atomic E-state index is 12.0. The van der Waals surface area contributed by atoms with E-state index in [4.69, 9.17) is 16.7 Å². The molecule has 0 aliphatic rings. The zero-order chi connectivity index (χ0) is 15.3. The van der Waals surface area contributed by atoms with Crippen LogP contribution in [0.25, 0.3) is 0 Å². The molecule has 1 aromatic carbocycles. The third-order valence-electron chi connectivity index (χ3n) is 2.73. The number of carbonyl (C=O) groups is 2. The summed E-state index contributed by atoms with van der Waals surface area (Å²) in [5, 5.41) is 11.9. The fourth-order valence-corrected chi connectivity index (χ4v) is 2.56. The third kappa shape index (κ3) is 5.06. The highest BCUT2D eigenvalue weighted by Crippen LogP contribution is 2.24. The summed E-state index contributed by atoms with van der Waals surface area (Å²) in [5.41, 5.74) is 0. The number of carbonyl (C=O) groups excluding carboxylic acids is 1. The highest BCUT2D eigenvalue weighted by molar-refractivity contribution is 8.00. The Labute approximate surface area is 127 Å². The molecule has 1 unspecified atom stereocenters. The molecule has 2 N–H and O–H groups in total. The van der Waals surface area contributed by atoms with E-state index in [0.717, 1.165) is 4.90 Å². The van der Waals surface area contributed by atoms with Crippen molar-refractivity contribution >= 4 is 35.2 Å². The topological polar surface area (TPSA) is 66.4 Å². The molecule has 0 fully saturated rings. The van der Waals surface area contributed by atoms with Crippen molar-refractivity contribution in [1.29, 1.82) is 0 Å². The van der Waals surface area contributed by atoms with Gasteiger partial charge in [0.05, 0.1) is 5.25 Å². The Morgan fingerprint density at radius 1 is 1.20 bits per heavy atom. The van der Waals surface area contributed by atoms with E-state index in [-0.39, 0.29) is 17.1 Å². The molecule has 110 valence electrons. The van der Waals surface area contributed by atoms with Gasteiger partial charge in [-0.2, -0.15) is 0 Å². The number of thioether (sulfide) groups is 1. The van der Waals surface area contributed by atoms with Gasteiger partial charge in [-0.1, -0.05) is 25.4 Å². The van der Waals surface area contributed by atoms with Crippen molar-refractivity contribution in [3.8, 4) is 0 Å². The molecule has 20 heavy (non-hydrogen) atoms. The fraction of sp³-hybridized carbons (Fsp3) is 0.429. The summed E-state index contributed by atoms with van der Waals surface area (Å²) in [6.45, 7) is 5.26. The lowest BCUT2D eigenvalue weighted by Crippen LogP contribution is -2.46. The van der Waals surface area contributed by atoms with Gasteiger partial charge >= 0.3 is 5.97 Å². The molecule has 6 heteroatoms. The van der Waals surface area contributed by atoms with Crippen LogP contribution in [0.3, 0.4) is 0 Å². The largest absolute Gasteiger partial charge is 0.480 e. The average molecular weight is 316 g/mol. The Hall–Kier alpha value is -1.20. The molecule has 1 aromatic rings. The summed E-state index contributed by atoms with van der Waals surface area (Å²) in [6.07, 6.45) is 0. The summed E-state index contributed by atoms with van der Waals surface area (Å²) in [7, 11) is 0. The number of benzene rings is 1. The summed E-state index contributed by atoms with van der Waals surface area (Å²) < 4.78 is 0. The van der Waals surface area contributed by atoms with Gasteiger partial charge in [0.15, 0.2) is 0 Å². The first-order valence-electron chi connectivity index (χ1n) is 6.26. The van der Waals surface area contributed by atoms with Crippen molar-refractivity contribution in [1.82, 2.24) is 5.32 Å². The number of rotatable bonds is 6. The van der Waals surface area contributed by atoms with Crippen LogP contribution in [0.2, 0.25) is 5.02 Å². The van der Waals surface area contributed by atoms with Gasteiger partial charge in [-0.15, -0.1) is 11.8 Å². The highest BCUT2D eigenvalue weighted by Gasteiger charge is 2.25. The molecule has 0 bridgehead atoms. The van der Waals surface area contributed by atoms with Crippen LogP contribution in [0.4, 0.5) is 0 Å². The number of halogens is 1. The number of amides is 1. The molecule has 1 rings (SSSR count). The van der Waals surface area contributed by atoms with Crippen LogP contribution in [0, 0.1) is 5.92 Å². The maximum absolute atomic E-state index is 12.0. The predicted octanol–water partition coefficient (Wildman–Crippen LogP) is 3.05. The predicted molar refractivity (Wildman–Crippen MR) is 81.2 cm³/mol. The van der Waals surface area contributed by atoms with Crippen molar-refractivity contribution < 1.29 is 14.7 Å². The summed E-state index contributed by atoms with van der Waals surface area (Å²) in [5.74, 6) is -1.47. The van der Waals surface area contributed by atoms with E-state index in [9.17, 15) is 9.59 Å². The molecule has 0 saturated heterocycles. The second kappa shape index (κ2) is 7.55. The summed E-state index contributed by atoms with van der Waals surface area (Å²) >= 11 is 7.16. The lowest BCUT2D eigenvalue weighted by atomic mass is 10.0. The van der Waals surface area contributed by atoms with Gasteiger partial charge in [-0.3, -0.25) is 4.79 Å². The standard InChI is InChI=1S/C14H18ClNO3S/c1-8(2)12(14(18)19)16-13(17)9(3)20-11-6-4-10(15)5-7-11/h4-9,12H,1-3H3,(H,16,17)(H,18,19)/t9?,12-/m0/s1. The Bertz CT molecular complexity index is 476. The minimum Gasteiger partial charge on any atom is -0.480 e. The Morgan fingerprint density at radius 3 is 2.20 bits per heavy atom. The van der Waals surface area contributed by atoms with E-state index in [1.54, 1.807) is 32.9 Å². The van der Waals surface area contributed by atoms with Gasteiger partial charge < -0.3 is 10.4 Å². The monoisotopic (exact) mass is 315 g/mol. The van der Waals surface area contributed by atoms with Gasteiger partial charge in [0.1, 0.15) is 6.04 Å². The van der Waals surface area contributed by atoms with Crippen LogP contribution in [-0.2, 0) is 9.59 Å². The van der Waals surface area contributed by atoms with E-state index < -0.39 is 12.0 Å². The van der Waals surface area contributed by atoms with Crippen molar-refractivity contribution in [2.45, 2.75) is 37.0 Å². The molecule has 0 aliphatic carbocycles. The van der Waals surface area contributed by atoms with Crippen LogP contribution in [0.15, 0.2) is 29.2 Å². The average Bonchev–Trinajstić information content (AvgIpc) is 2.37. The van der Waals surface area contributed by atoms with E-state index in [0.29, 0.717) is 5.02 Å². The summed E-state index contributed by atoms with van der Waals surface area (Å²) in [6, 6.07) is 6.29. The first kappa shape index (κ1) is 16.9. The summed E-state index contributed by atoms with van der Waals surface area (Å²) in [4.78, 5) is 24.0. The molecule has 0 spiro atoms. The number of aliphatic carboxylic acids is 1. The van der Waals surface area contributed by atoms with Crippen molar-refractivity contribution in [3.05, 3.63) is 29.3 Å². The zero-order valence-corrected chi connectivity index (χ0v) is 13.2. The van der Waals surface area contributed by atoms with Gasteiger partial charge in [-0.25, -0.2) is 4.79 Å². The Balaban J connectivity index is 2.62. The number of carboxylic acids is 1. The van der Waals surface area contributed by atoms with Gasteiger partial charge in [-0.05, 0) is 37.1 Å². The van der Waals surface area contributed by atoms with Crippen LogP contribution >= 0.6 is 23.4 Å². The van der Waals surface area contributed by atoms with Crippen LogP contribution in [0.1, 0.15) is 20.8 Å². The van der Waals surface area contributed by atoms with Crippen molar-refractivity contribution in [2.24, 2.45) is 5.92 Å². The van der Waals surface area contributed by atoms with Gasteiger partial charge in [0, 0.05) is 9.92 Å². The molecular weight excluding hydrogens is 298 g/mol. The smallest absolute Gasteiger partial charge is 0.326 e. The van der Waals surface area contributed by atoms with E-state index in [1.165, 1.54) is 11.8 Å². The van der Waals surface area contributed by atoms with E-state index in [1.807, 2.05) is 12.1 Å². The van der Waals surface area contributed by atoms with E-state index in [2.05, 4.69) is 5.32 Å². The third-order valence-corrected chi connectivity index (χ3v) is 4.09. The number of nitrogens with one attached hydrogen (secondary N) is 1. The normalized spacial score (nSPS) is 13.8. The molecule has 1 amide bonds. The lowest BCUT2D eigenvalue weighted by Gasteiger charge is -2.20. The Kier molecular flexibility index (Phi) is 6.36. The first-order chi connectivity index (χ1) is 9.31. The minimum atomic E-state index is -1.02. The van der Waals surface area contributed by atoms with Crippen molar-refractivity contribution in [3.63, 3.8) is 0 Å². The van der Waals surface area contributed by atoms with Gasteiger partial charge in [0.25, 0.3) is 0 Å². The molecule has 0 heterocycles. The molecular formula is C14H18ClNO3S. The maximum Gasteiger partial charge on any atom is 0.326 e. The highest BCUT2D eigenvalue weighted by atomic mass is 35.5. The second-order valence-electron chi connectivity index (χ2n) is 4.78. The van der Waals surface area contributed by atoms with Crippen LogP contribution < -0.4 is 5.32 Å². The van der Waals surface area contributed by atoms with Gasteiger partial charge in [0.2, 0.25) is 5.91 Å². The second-order valence-corrected chi connectivity index (χ2v) is 6.63. The SMILES string of the molecule is CC(Sc1ccc(Cl)cc1)C(=O)N[C@H](C(=O)O)C(C)C. The molecule has 4 nitrogen and oxygen atoms in total. The molecule has 0 radical (unpaired) electrons. The fourth-order valence-electron chi connectivity index (χ4n) is 1.55. The van der Waals surface area contributed by atoms with Crippen LogP contribution in [-0.4, -0.2) is 28.3 Å². The van der Waals surface area contributed by atoms with Crippen molar-refractivity contribution in [2.75, 3.05) is 0 Å². The zero-order valence-electron chi connectivity index (χ0n) is 11.6. The molecule has 2 atom stereocenters. The number of hydrogen-bond donors (Lipinski definition) is 2. The Morgan fingerprint density at radius 2 is 1.75 bits per heavy atom. The molecule has 0 aliphatic heterocycles. The number of carboxylic acid groups (broad SMARTS) is 1.